The molecule has 2 aromatic rings. The molecular weight excluding hydrogens is 336 g/mol. The molecule has 0 bridgehead atoms. The SMILES string of the molecule is CC(C)CN1CCCn2nc(CNS(=O)(=O)c3ccccc3)cc2C1. The van der Waals surface area contributed by atoms with Gasteiger partial charge in [0.2, 0.25) is 10.0 Å². The Morgan fingerprint density at radius 1 is 1.20 bits per heavy atom. The van der Waals surface area contributed by atoms with E-state index >= 15 is 0 Å². The molecule has 0 radical (unpaired) electrons. The molecule has 0 saturated carbocycles. The predicted octanol–water partition coefficient (Wildman–Crippen LogP) is 2.22. The van der Waals surface area contributed by atoms with Gasteiger partial charge < -0.3 is 0 Å². The summed E-state index contributed by atoms with van der Waals surface area (Å²) in [5, 5.41) is 4.58. The molecule has 1 aromatic carbocycles. The van der Waals surface area contributed by atoms with Crippen molar-refractivity contribution in [1.29, 1.82) is 0 Å². The summed E-state index contributed by atoms with van der Waals surface area (Å²) in [4.78, 5) is 2.72. The summed E-state index contributed by atoms with van der Waals surface area (Å²) in [6.45, 7) is 8.57. The van der Waals surface area contributed by atoms with Crippen molar-refractivity contribution in [3.05, 3.63) is 47.8 Å². The Labute approximate surface area is 149 Å². The molecule has 1 aliphatic rings. The first-order valence-corrected chi connectivity index (χ1v) is 10.2. The molecule has 7 heteroatoms. The van der Waals surface area contributed by atoms with Gasteiger partial charge >= 0.3 is 0 Å². The van der Waals surface area contributed by atoms with Crippen LogP contribution in [-0.2, 0) is 29.7 Å². The van der Waals surface area contributed by atoms with Crippen LogP contribution in [0.4, 0.5) is 0 Å². The van der Waals surface area contributed by atoms with E-state index in [1.165, 1.54) is 0 Å². The van der Waals surface area contributed by atoms with Crippen LogP contribution in [-0.4, -0.2) is 36.2 Å². The van der Waals surface area contributed by atoms with Crippen molar-refractivity contribution in [2.24, 2.45) is 5.92 Å². The number of fused-ring (bicyclic) bond motifs is 1. The molecule has 6 nitrogen and oxygen atoms in total. The molecule has 1 aromatic heterocycles. The number of aromatic nitrogens is 2. The smallest absolute Gasteiger partial charge is 0.240 e. The van der Waals surface area contributed by atoms with Crippen molar-refractivity contribution in [3.63, 3.8) is 0 Å². The van der Waals surface area contributed by atoms with Crippen molar-refractivity contribution >= 4 is 10.0 Å². The molecule has 0 fully saturated rings. The fourth-order valence-electron chi connectivity index (χ4n) is 3.20. The summed E-state index contributed by atoms with van der Waals surface area (Å²) in [7, 11) is -3.50. The lowest BCUT2D eigenvalue weighted by atomic mass is 10.2. The first kappa shape index (κ1) is 18.1. The number of sulfonamides is 1. The zero-order valence-corrected chi connectivity index (χ0v) is 15.7. The van der Waals surface area contributed by atoms with Crippen molar-refractivity contribution in [2.75, 3.05) is 13.1 Å². The Bertz CT molecular complexity index is 800. The van der Waals surface area contributed by atoms with Gasteiger partial charge in [0.05, 0.1) is 22.8 Å². The largest absolute Gasteiger partial charge is 0.297 e. The Balaban J connectivity index is 1.67. The topological polar surface area (TPSA) is 67.2 Å². The fourth-order valence-corrected chi connectivity index (χ4v) is 4.22. The van der Waals surface area contributed by atoms with Crippen LogP contribution >= 0.6 is 0 Å². The van der Waals surface area contributed by atoms with Gasteiger partial charge in [-0.3, -0.25) is 9.58 Å². The lowest BCUT2D eigenvalue weighted by molar-refractivity contribution is 0.239. The van der Waals surface area contributed by atoms with E-state index in [0.29, 0.717) is 5.92 Å². The number of hydrogen-bond donors (Lipinski definition) is 1. The van der Waals surface area contributed by atoms with Crippen molar-refractivity contribution in [1.82, 2.24) is 19.4 Å². The second-order valence-electron chi connectivity index (χ2n) is 6.97. The number of rotatable bonds is 6. The van der Waals surface area contributed by atoms with E-state index < -0.39 is 10.0 Å². The Morgan fingerprint density at radius 2 is 1.96 bits per heavy atom. The van der Waals surface area contributed by atoms with E-state index in [1.54, 1.807) is 30.3 Å². The maximum absolute atomic E-state index is 12.3. The van der Waals surface area contributed by atoms with Gasteiger partial charge in [-0.15, -0.1) is 0 Å². The molecule has 0 atom stereocenters. The van der Waals surface area contributed by atoms with Gasteiger partial charge in [-0.1, -0.05) is 32.0 Å². The molecule has 25 heavy (non-hydrogen) atoms. The maximum Gasteiger partial charge on any atom is 0.240 e. The van der Waals surface area contributed by atoms with E-state index in [0.717, 1.165) is 44.0 Å². The van der Waals surface area contributed by atoms with Crippen LogP contribution in [0.5, 0.6) is 0 Å². The third-order valence-corrected chi connectivity index (χ3v) is 5.68. The van der Waals surface area contributed by atoms with Gasteiger partial charge in [-0.2, -0.15) is 5.10 Å². The Morgan fingerprint density at radius 3 is 2.68 bits per heavy atom. The third-order valence-electron chi connectivity index (χ3n) is 4.26. The second kappa shape index (κ2) is 7.68. The minimum Gasteiger partial charge on any atom is -0.297 e. The normalized spacial score (nSPS) is 16.0. The number of nitrogens with one attached hydrogen (secondary N) is 1. The van der Waals surface area contributed by atoms with Gasteiger partial charge in [-0.05, 0) is 30.5 Å². The minimum absolute atomic E-state index is 0.210. The van der Waals surface area contributed by atoms with Gasteiger partial charge in [-0.25, -0.2) is 13.1 Å². The summed E-state index contributed by atoms with van der Waals surface area (Å²) < 4.78 is 29.3. The van der Waals surface area contributed by atoms with Crippen molar-refractivity contribution < 1.29 is 8.42 Å². The van der Waals surface area contributed by atoms with E-state index in [9.17, 15) is 8.42 Å². The minimum atomic E-state index is -3.50. The van der Waals surface area contributed by atoms with E-state index in [2.05, 4.69) is 28.6 Å². The second-order valence-corrected chi connectivity index (χ2v) is 8.74. The zero-order chi connectivity index (χ0) is 17.9. The Kier molecular flexibility index (Phi) is 5.56. The first-order chi connectivity index (χ1) is 11.9. The summed E-state index contributed by atoms with van der Waals surface area (Å²) >= 11 is 0. The highest BCUT2D eigenvalue weighted by atomic mass is 32.2. The number of benzene rings is 1. The van der Waals surface area contributed by atoms with Crippen LogP contribution in [0.3, 0.4) is 0 Å². The summed E-state index contributed by atoms with van der Waals surface area (Å²) in [5.74, 6) is 0.631. The van der Waals surface area contributed by atoms with Gasteiger partial charge in [0, 0.05) is 26.2 Å². The van der Waals surface area contributed by atoms with Crippen LogP contribution < -0.4 is 4.72 Å². The monoisotopic (exact) mass is 362 g/mol. The molecule has 0 aliphatic carbocycles. The lowest BCUT2D eigenvalue weighted by Crippen LogP contribution is -2.27. The highest BCUT2D eigenvalue weighted by Gasteiger charge is 2.19. The highest BCUT2D eigenvalue weighted by molar-refractivity contribution is 7.89. The predicted molar refractivity (Wildman–Crippen MR) is 97.4 cm³/mol. The standard InChI is InChI=1S/C18H26N4O2S/c1-15(2)13-21-9-6-10-22-17(14-21)11-16(20-22)12-19-25(23,24)18-7-4-3-5-8-18/h3-5,7-8,11,15,19H,6,9-10,12-14H2,1-2H3. The quantitative estimate of drug-likeness (QED) is 0.856. The summed E-state index contributed by atoms with van der Waals surface area (Å²) in [6.07, 6.45) is 1.07. The third kappa shape index (κ3) is 4.68. The summed E-state index contributed by atoms with van der Waals surface area (Å²) in [6, 6.07) is 10.4. The molecule has 3 rings (SSSR count). The zero-order valence-electron chi connectivity index (χ0n) is 14.9. The van der Waals surface area contributed by atoms with Crippen molar-refractivity contribution in [2.45, 2.75) is 44.8 Å². The van der Waals surface area contributed by atoms with Crippen LogP contribution in [0, 0.1) is 5.92 Å². The first-order valence-electron chi connectivity index (χ1n) is 8.77. The lowest BCUT2D eigenvalue weighted by Gasteiger charge is -2.21. The number of aryl methyl sites for hydroxylation is 1. The average molecular weight is 362 g/mol. The highest BCUT2D eigenvalue weighted by Crippen LogP contribution is 2.16. The maximum atomic E-state index is 12.3. The molecule has 136 valence electrons. The van der Waals surface area contributed by atoms with Crippen LogP contribution in [0.1, 0.15) is 31.7 Å². The van der Waals surface area contributed by atoms with Crippen LogP contribution in [0.25, 0.3) is 0 Å². The fraction of sp³-hybridized carbons (Fsp3) is 0.500. The average Bonchev–Trinajstić information content (AvgIpc) is 2.86. The molecule has 0 amide bonds. The summed E-state index contributed by atoms with van der Waals surface area (Å²) in [5.41, 5.74) is 1.92. The molecule has 1 N–H and O–H groups in total. The number of hydrogen-bond acceptors (Lipinski definition) is 4. The molecule has 0 spiro atoms. The Hall–Kier alpha value is -1.70. The van der Waals surface area contributed by atoms with Crippen molar-refractivity contribution in [3.8, 4) is 0 Å². The molecular formula is C18H26N4O2S. The van der Waals surface area contributed by atoms with Gasteiger partial charge in [0.15, 0.2) is 0 Å². The van der Waals surface area contributed by atoms with Gasteiger partial charge in [0.1, 0.15) is 0 Å². The molecule has 1 aliphatic heterocycles. The van der Waals surface area contributed by atoms with Gasteiger partial charge in [0.25, 0.3) is 0 Å². The number of nitrogens with zero attached hydrogens (tertiary/aromatic N) is 3. The molecule has 0 unspecified atom stereocenters. The van der Waals surface area contributed by atoms with E-state index in [-0.39, 0.29) is 11.4 Å². The van der Waals surface area contributed by atoms with Crippen LogP contribution in [0.15, 0.2) is 41.3 Å². The van der Waals surface area contributed by atoms with Crippen LogP contribution in [0.2, 0.25) is 0 Å². The molecule has 0 saturated heterocycles. The molecule has 2 heterocycles. The van der Waals surface area contributed by atoms with E-state index in [4.69, 9.17) is 0 Å². The van der Waals surface area contributed by atoms with E-state index in [1.807, 2.05) is 10.7 Å².